The number of rotatable bonds is 7. The van der Waals surface area contributed by atoms with E-state index in [0.29, 0.717) is 17.8 Å². The van der Waals surface area contributed by atoms with E-state index in [9.17, 15) is 4.79 Å². The van der Waals surface area contributed by atoms with Crippen LogP contribution in [0.1, 0.15) is 23.2 Å². The summed E-state index contributed by atoms with van der Waals surface area (Å²) in [6, 6.07) is 26.3. The maximum Gasteiger partial charge on any atom is 0.251 e. The van der Waals surface area contributed by atoms with Crippen molar-refractivity contribution in [2.24, 2.45) is 0 Å². The molecule has 2 aromatic carbocycles. The summed E-state index contributed by atoms with van der Waals surface area (Å²) in [5, 5.41) is 3.04. The molecule has 0 atom stereocenters. The fourth-order valence-electron chi connectivity index (χ4n) is 3.95. The number of unbranched alkanes of at least 4 members (excludes halogenated alkanes) is 1. The first kappa shape index (κ1) is 21.2. The molecule has 2 aromatic heterocycles. The van der Waals surface area contributed by atoms with Crippen molar-refractivity contribution in [1.82, 2.24) is 15.3 Å². The molecule has 1 aliphatic heterocycles. The molecule has 1 N–H and O–H groups in total. The van der Waals surface area contributed by atoms with Gasteiger partial charge in [0, 0.05) is 40.8 Å². The third kappa shape index (κ3) is 4.76. The molecule has 1 aliphatic rings. The third-order valence-corrected chi connectivity index (χ3v) is 6.71. The number of anilines is 2. The van der Waals surface area contributed by atoms with Crippen molar-refractivity contribution in [3.63, 3.8) is 0 Å². The van der Waals surface area contributed by atoms with Gasteiger partial charge in [-0.25, -0.2) is 0 Å². The van der Waals surface area contributed by atoms with E-state index in [0.717, 1.165) is 25.1 Å². The molecule has 33 heavy (non-hydrogen) atoms. The molecule has 5 rings (SSSR count). The van der Waals surface area contributed by atoms with Gasteiger partial charge in [0.2, 0.25) is 0 Å². The molecule has 0 bridgehead atoms. The lowest BCUT2D eigenvalue weighted by molar-refractivity contribution is 0.0953. The Morgan fingerprint density at radius 3 is 2.21 bits per heavy atom. The molecular weight excluding hydrogens is 428 g/mol. The van der Waals surface area contributed by atoms with Crippen LogP contribution < -0.4 is 10.2 Å². The van der Waals surface area contributed by atoms with Crippen molar-refractivity contribution < 1.29 is 4.79 Å². The summed E-state index contributed by atoms with van der Waals surface area (Å²) >= 11 is 1.82. The van der Waals surface area contributed by atoms with Crippen LogP contribution in [0.4, 0.5) is 11.4 Å². The Morgan fingerprint density at radius 2 is 1.48 bits per heavy atom. The monoisotopic (exact) mass is 452 g/mol. The molecule has 6 heteroatoms. The lowest BCUT2D eigenvalue weighted by atomic mass is 10.1. The molecule has 1 amide bonds. The van der Waals surface area contributed by atoms with Crippen LogP contribution >= 0.6 is 11.8 Å². The van der Waals surface area contributed by atoms with Crippen molar-refractivity contribution in [2.75, 3.05) is 18.0 Å². The summed E-state index contributed by atoms with van der Waals surface area (Å²) in [6.07, 6.45) is 5.25. The Bertz CT molecular complexity index is 1220. The smallest absolute Gasteiger partial charge is 0.251 e. The first-order valence-electron chi connectivity index (χ1n) is 11.1. The molecule has 164 valence electrons. The normalized spacial score (nSPS) is 12.1. The van der Waals surface area contributed by atoms with E-state index in [-0.39, 0.29) is 5.91 Å². The highest BCUT2D eigenvalue weighted by atomic mass is 32.2. The summed E-state index contributed by atoms with van der Waals surface area (Å²) in [7, 11) is 0. The molecule has 0 saturated heterocycles. The molecule has 0 radical (unpaired) electrons. The molecular formula is C27H24N4OS. The van der Waals surface area contributed by atoms with Gasteiger partial charge in [-0.15, -0.1) is 0 Å². The summed E-state index contributed by atoms with van der Waals surface area (Å²) in [6.45, 7) is 1.54. The summed E-state index contributed by atoms with van der Waals surface area (Å²) in [4.78, 5) is 26.3. The molecule has 0 spiro atoms. The van der Waals surface area contributed by atoms with Gasteiger partial charge >= 0.3 is 0 Å². The first-order valence-corrected chi connectivity index (χ1v) is 11.9. The SMILES string of the molecule is O=C(NCCCCN1c2ccccc2Sc2ccccc21)c1ccnc(-c2ccccn2)c1. The maximum atomic E-state index is 12.6. The van der Waals surface area contributed by atoms with E-state index < -0.39 is 0 Å². The van der Waals surface area contributed by atoms with E-state index in [1.165, 1.54) is 21.2 Å². The van der Waals surface area contributed by atoms with E-state index in [1.54, 1.807) is 24.5 Å². The summed E-state index contributed by atoms with van der Waals surface area (Å²) in [5.41, 5.74) is 4.56. The summed E-state index contributed by atoms with van der Waals surface area (Å²) in [5.74, 6) is -0.0837. The number of amides is 1. The van der Waals surface area contributed by atoms with E-state index in [1.807, 2.05) is 30.0 Å². The average molecular weight is 453 g/mol. The zero-order valence-electron chi connectivity index (χ0n) is 18.1. The Labute approximate surface area is 197 Å². The molecule has 5 nitrogen and oxygen atoms in total. The van der Waals surface area contributed by atoms with Crippen LogP contribution in [0.5, 0.6) is 0 Å². The Balaban J connectivity index is 1.17. The second-order valence-corrected chi connectivity index (χ2v) is 8.88. The van der Waals surface area contributed by atoms with Crippen molar-refractivity contribution in [3.8, 4) is 11.4 Å². The number of aromatic nitrogens is 2. The Morgan fingerprint density at radius 1 is 0.788 bits per heavy atom. The topological polar surface area (TPSA) is 58.1 Å². The minimum absolute atomic E-state index is 0.0837. The van der Waals surface area contributed by atoms with Crippen LogP contribution in [0, 0.1) is 0 Å². The highest BCUT2D eigenvalue weighted by Crippen LogP contribution is 2.47. The van der Waals surface area contributed by atoms with Gasteiger partial charge in [-0.3, -0.25) is 14.8 Å². The number of fused-ring (bicyclic) bond motifs is 2. The predicted octanol–water partition coefficient (Wildman–Crippen LogP) is 5.96. The molecule has 0 fully saturated rings. The number of carbonyl (C=O) groups excluding carboxylic acids is 1. The van der Waals surface area contributed by atoms with Gasteiger partial charge in [0.15, 0.2) is 0 Å². The largest absolute Gasteiger partial charge is 0.352 e. The summed E-state index contributed by atoms with van der Waals surface area (Å²) < 4.78 is 0. The number of para-hydroxylation sites is 2. The minimum atomic E-state index is -0.0837. The van der Waals surface area contributed by atoms with Crippen LogP contribution in [0.15, 0.2) is 101 Å². The number of benzene rings is 2. The standard InChI is InChI=1S/C27H24N4OS/c32-27(20-14-17-29-22(19-20)21-9-5-6-15-28-21)30-16-7-8-18-31-23-10-1-3-12-25(23)33-26-13-4-2-11-24(26)31/h1-6,9-15,17,19H,7-8,16,18H2,(H,30,32). The zero-order chi connectivity index (χ0) is 22.5. The van der Waals surface area contributed by atoms with Crippen LogP contribution in [-0.2, 0) is 0 Å². The second kappa shape index (κ2) is 9.88. The number of nitrogens with zero attached hydrogens (tertiary/aromatic N) is 3. The highest BCUT2D eigenvalue weighted by Gasteiger charge is 2.22. The number of carbonyl (C=O) groups is 1. The molecule has 0 unspecified atom stereocenters. The fourth-order valence-corrected chi connectivity index (χ4v) is 5.04. The van der Waals surface area contributed by atoms with E-state index >= 15 is 0 Å². The lowest BCUT2D eigenvalue weighted by Gasteiger charge is -2.32. The van der Waals surface area contributed by atoms with Gasteiger partial charge in [-0.2, -0.15) is 0 Å². The van der Waals surface area contributed by atoms with Crippen LogP contribution in [0.3, 0.4) is 0 Å². The van der Waals surface area contributed by atoms with Gasteiger partial charge in [-0.05, 0) is 61.4 Å². The number of nitrogens with one attached hydrogen (secondary N) is 1. The number of hydrogen-bond acceptors (Lipinski definition) is 5. The van der Waals surface area contributed by atoms with Crippen molar-refractivity contribution in [3.05, 3.63) is 96.8 Å². The van der Waals surface area contributed by atoms with Crippen molar-refractivity contribution >= 4 is 29.0 Å². The van der Waals surface area contributed by atoms with Crippen LogP contribution in [0.2, 0.25) is 0 Å². The predicted molar refractivity (Wildman–Crippen MR) is 133 cm³/mol. The second-order valence-electron chi connectivity index (χ2n) is 7.80. The van der Waals surface area contributed by atoms with Gasteiger partial charge < -0.3 is 10.2 Å². The highest BCUT2D eigenvalue weighted by molar-refractivity contribution is 7.99. The van der Waals surface area contributed by atoms with Crippen molar-refractivity contribution in [2.45, 2.75) is 22.6 Å². The quantitative estimate of drug-likeness (QED) is 0.351. The molecule has 0 aliphatic carbocycles. The zero-order valence-corrected chi connectivity index (χ0v) is 19.0. The molecule has 4 aromatic rings. The minimum Gasteiger partial charge on any atom is -0.352 e. The maximum absolute atomic E-state index is 12.6. The number of hydrogen-bond donors (Lipinski definition) is 1. The van der Waals surface area contributed by atoms with Crippen molar-refractivity contribution in [1.29, 1.82) is 0 Å². The third-order valence-electron chi connectivity index (χ3n) is 5.58. The molecule has 0 saturated carbocycles. The average Bonchev–Trinajstić information content (AvgIpc) is 2.88. The van der Waals surface area contributed by atoms with Gasteiger partial charge in [0.05, 0.1) is 22.8 Å². The van der Waals surface area contributed by atoms with E-state index in [2.05, 4.69) is 68.7 Å². The Kier molecular flexibility index (Phi) is 6.35. The van der Waals surface area contributed by atoms with Gasteiger partial charge in [0.1, 0.15) is 0 Å². The fraction of sp³-hybridized carbons (Fsp3) is 0.148. The van der Waals surface area contributed by atoms with Gasteiger partial charge in [0.25, 0.3) is 5.91 Å². The van der Waals surface area contributed by atoms with E-state index in [4.69, 9.17) is 0 Å². The lowest BCUT2D eigenvalue weighted by Crippen LogP contribution is -2.26. The van der Waals surface area contributed by atoms with Gasteiger partial charge in [-0.1, -0.05) is 42.1 Å². The Hall–Kier alpha value is -3.64. The molecule has 3 heterocycles. The number of pyridine rings is 2. The van der Waals surface area contributed by atoms with Crippen LogP contribution in [0.25, 0.3) is 11.4 Å². The van der Waals surface area contributed by atoms with Crippen LogP contribution in [-0.4, -0.2) is 29.0 Å². The first-order chi connectivity index (χ1) is 16.3.